The van der Waals surface area contributed by atoms with E-state index in [0.717, 1.165) is 23.2 Å². The van der Waals surface area contributed by atoms with Crippen LogP contribution in [0.2, 0.25) is 0 Å². The van der Waals surface area contributed by atoms with Crippen LogP contribution in [0.4, 0.5) is 0 Å². The molecule has 2 heterocycles. The number of fused-ring (bicyclic) bond motifs is 1. The van der Waals surface area contributed by atoms with Gasteiger partial charge < -0.3 is 4.57 Å². The molecule has 4 heteroatoms. The highest BCUT2D eigenvalue weighted by Crippen LogP contribution is 2.22. The quantitative estimate of drug-likeness (QED) is 0.807. The Hall–Kier alpha value is -1.03. The van der Waals surface area contributed by atoms with Gasteiger partial charge in [-0.05, 0) is 32.1 Å². The van der Waals surface area contributed by atoms with Crippen molar-refractivity contribution >= 4 is 23.7 Å². The normalized spacial score (nSPS) is 11.5. The van der Waals surface area contributed by atoms with Crippen molar-refractivity contribution in [3.05, 3.63) is 24.3 Å². The lowest BCUT2D eigenvalue weighted by Gasteiger charge is -2.12. The van der Waals surface area contributed by atoms with Crippen LogP contribution in [0.25, 0.3) is 11.0 Å². The largest absolute Gasteiger partial charge is 0.327 e. The third-order valence-electron chi connectivity index (χ3n) is 2.46. The second-order valence-electron chi connectivity index (χ2n) is 3.87. The van der Waals surface area contributed by atoms with E-state index in [1.165, 1.54) is 5.69 Å². The summed E-state index contributed by atoms with van der Waals surface area (Å²) in [4.78, 5) is 8.38. The van der Waals surface area contributed by atoms with Gasteiger partial charge in [0.05, 0.1) is 0 Å². The Bertz CT molecular complexity index is 462. The van der Waals surface area contributed by atoms with Crippen LogP contribution in [0.3, 0.4) is 0 Å². The van der Waals surface area contributed by atoms with E-state index < -0.39 is 0 Å². The molecule has 0 aliphatic carbocycles. The molecule has 0 aliphatic rings. The van der Waals surface area contributed by atoms with E-state index in [1.54, 1.807) is 6.33 Å². The number of hydrogen-bond acceptors (Lipinski definition) is 3. The maximum absolute atomic E-state index is 4.33. The molecular weight excluding hydrogens is 206 g/mol. The maximum Gasteiger partial charge on any atom is 0.143 e. The minimum atomic E-state index is 0.423. The van der Waals surface area contributed by atoms with Crippen molar-refractivity contribution in [2.24, 2.45) is 0 Å². The predicted molar refractivity (Wildman–Crippen MR) is 65.5 cm³/mol. The number of rotatable bonds is 3. The third-order valence-corrected chi connectivity index (χ3v) is 2.69. The Balaban J connectivity index is 2.63. The second-order valence-corrected chi connectivity index (χ2v) is 4.32. The smallest absolute Gasteiger partial charge is 0.143 e. The van der Waals surface area contributed by atoms with Crippen LogP contribution in [-0.2, 0) is 6.42 Å². The van der Waals surface area contributed by atoms with Crippen molar-refractivity contribution in [2.75, 3.05) is 5.75 Å². The topological polar surface area (TPSA) is 30.7 Å². The van der Waals surface area contributed by atoms with E-state index in [4.69, 9.17) is 0 Å². The van der Waals surface area contributed by atoms with Gasteiger partial charge >= 0.3 is 0 Å². The number of thiol groups is 1. The summed E-state index contributed by atoms with van der Waals surface area (Å²) in [7, 11) is 0. The molecule has 15 heavy (non-hydrogen) atoms. The molecule has 0 radical (unpaired) electrons. The molecule has 0 atom stereocenters. The van der Waals surface area contributed by atoms with Crippen molar-refractivity contribution in [1.82, 2.24) is 14.5 Å². The Morgan fingerprint density at radius 2 is 2.27 bits per heavy atom. The zero-order valence-electron chi connectivity index (χ0n) is 9.01. The zero-order valence-corrected chi connectivity index (χ0v) is 9.91. The number of aromatic nitrogens is 3. The minimum absolute atomic E-state index is 0.423. The van der Waals surface area contributed by atoms with E-state index in [1.807, 2.05) is 6.20 Å². The Kier molecular flexibility index (Phi) is 2.95. The van der Waals surface area contributed by atoms with Gasteiger partial charge in [0.15, 0.2) is 0 Å². The van der Waals surface area contributed by atoms with E-state index >= 15 is 0 Å². The average molecular weight is 221 g/mol. The van der Waals surface area contributed by atoms with Gasteiger partial charge in [-0.2, -0.15) is 12.6 Å². The maximum atomic E-state index is 4.33. The summed E-state index contributed by atoms with van der Waals surface area (Å²) >= 11 is 4.28. The van der Waals surface area contributed by atoms with E-state index in [0.29, 0.717) is 6.04 Å². The first-order chi connectivity index (χ1) is 7.24. The summed E-state index contributed by atoms with van der Waals surface area (Å²) in [5, 5.41) is 1.11. The fraction of sp³-hybridized carbons (Fsp3) is 0.455. The lowest BCUT2D eigenvalue weighted by atomic mass is 10.3. The van der Waals surface area contributed by atoms with Gasteiger partial charge in [-0.3, -0.25) is 0 Å². The van der Waals surface area contributed by atoms with Crippen molar-refractivity contribution < 1.29 is 0 Å². The molecule has 3 nitrogen and oxygen atoms in total. The van der Waals surface area contributed by atoms with Gasteiger partial charge in [0.25, 0.3) is 0 Å². The molecule has 0 amide bonds. The SMILES string of the molecule is CC(C)n1c(CCS)cc2cncnc21. The molecule has 0 aromatic carbocycles. The Morgan fingerprint density at radius 3 is 2.93 bits per heavy atom. The summed E-state index contributed by atoms with van der Waals surface area (Å²) in [6.45, 7) is 4.34. The molecule has 0 aliphatic heterocycles. The van der Waals surface area contributed by atoms with Gasteiger partial charge in [-0.15, -0.1) is 0 Å². The Labute approximate surface area is 95.0 Å². The van der Waals surface area contributed by atoms with E-state index in [2.05, 4.69) is 47.1 Å². The van der Waals surface area contributed by atoms with Gasteiger partial charge in [0.2, 0.25) is 0 Å². The molecular formula is C11H15N3S. The summed E-state index contributed by atoms with van der Waals surface area (Å²) < 4.78 is 2.26. The second kappa shape index (κ2) is 4.23. The molecule has 0 saturated heterocycles. The summed E-state index contributed by atoms with van der Waals surface area (Å²) in [5.74, 6) is 0.858. The molecule has 0 fully saturated rings. The highest BCUT2D eigenvalue weighted by Gasteiger charge is 2.11. The molecule has 2 aromatic rings. The summed E-state index contributed by atoms with van der Waals surface area (Å²) in [5.41, 5.74) is 2.31. The third kappa shape index (κ3) is 1.86. The van der Waals surface area contributed by atoms with Crippen LogP contribution in [0.15, 0.2) is 18.6 Å². The zero-order chi connectivity index (χ0) is 10.8. The summed E-state index contributed by atoms with van der Waals surface area (Å²) in [6, 6.07) is 2.58. The van der Waals surface area contributed by atoms with E-state index in [9.17, 15) is 0 Å². The molecule has 0 unspecified atom stereocenters. The van der Waals surface area contributed by atoms with Crippen molar-refractivity contribution in [3.8, 4) is 0 Å². The first kappa shape index (κ1) is 10.5. The van der Waals surface area contributed by atoms with Crippen molar-refractivity contribution in [2.45, 2.75) is 26.3 Å². The van der Waals surface area contributed by atoms with Gasteiger partial charge in [0.1, 0.15) is 12.0 Å². The molecule has 80 valence electrons. The van der Waals surface area contributed by atoms with Crippen LogP contribution < -0.4 is 0 Å². The first-order valence-corrected chi connectivity index (χ1v) is 5.78. The number of nitrogens with zero attached hydrogens (tertiary/aromatic N) is 3. The first-order valence-electron chi connectivity index (χ1n) is 5.14. The van der Waals surface area contributed by atoms with Crippen LogP contribution in [0.1, 0.15) is 25.6 Å². The molecule has 2 aromatic heterocycles. The molecule has 0 N–H and O–H groups in total. The highest BCUT2D eigenvalue weighted by molar-refractivity contribution is 7.80. The average Bonchev–Trinajstić information content (AvgIpc) is 2.56. The molecule has 2 rings (SSSR count). The fourth-order valence-electron chi connectivity index (χ4n) is 1.91. The standard InChI is InChI=1S/C11H15N3S/c1-8(2)14-10(3-4-15)5-9-6-12-7-13-11(9)14/h5-8,15H,3-4H2,1-2H3. The molecule has 0 bridgehead atoms. The fourth-order valence-corrected chi connectivity index (χ4v) is 2.13. The van der Waals surface area contributed by atoms with Gasteiger partial charge in [0, 0.05) is 23.3 Å². The monoisotopic (exact) mass is 221 g/mol. The van der Waals surface area contributed by atoms with Crippen LogP contribution in [0.5, 0.6) is 0 Å². The van der Waals surface area contributed by atoms with Crippen LogP contribution in [-0.4, -0.2) is 20.3 Å². The molecule has 0 spiro atoms. The minimum Gasteiger partial charge on any atom is -0.327 e. The van der Waals surface area contributed by atoms with Gasteiger partial charge in [-0.25, -0.2) is 9.97 Å². The van der Waals surface area contributed by atoms with Gasteiger partial charge in [-0.1, -0.05) is 0 Å². The lowest BCUT2D eigenvalue weighted by Crippen LogP contribution is -2.06. The highest BCUT2D eigenvalue weighted by atomic mass is 32.1. The number of hydrogen-bond donors (Lipinski definition) is 1. The van der Waals surface area contributed by atoms with Crippen molar-refractivity contribution in [1.29, 1.82) is 0 Å². The lowest BCUT2D eigenvalue weighted by molar-refractivity contribution is 0.593. The summed E-state index contributed by atoms with van der Waals surface area (Å²) in [6.07, 6.45) is 4.44. The Morgan fingerprint density at radius 1 is 1.47 bits per heavy atom. The number of aryl methyl sites for hydroxylation is 1. The van der Waals surface area contributed by atoms with Crippen LogP contribution in [0, 0.1) is 0 Å². The molecule has 0 saturated carbocycles. The van der Waals surface area contributed by atoms with Crippen LogP contribution >= 0.6 is 12.6 Å². The van der Waals surface area contributed by atoms with Crippen molar-refractivity contribution in [3.63, 3.8) is 0 Å². The van der Waals surface area contributed by atoms with E-state index in [-0.39, 0.29) is 0 Å². The predicted octanol–water partition coefficient (Wildman–Crippen LogP) is 2.48.